The maximum absolute atomic E-state index is 12.8. The molecule has 1 aromatic carbocycles. The van der Waals surface area contributed by atoms with E-state index in [9.17, 15) is 17.6 Å². The summed E-state index contributed by atoms with van der Waals surface area (Å²) < 4.78 is 41.2. The van der Waals surface area contributed by atoms with E-state index in [-0.39, 0.29) is 29.3 Å². The molecule has 116 valence electrons. The summed E-state index contributed by atoms with van der Waals surface area (Å²) in [6.45, 7) is 1.59. The van der Waals surface area contributed by atoms with Gasteiger partial charge in [-0.25, -0.2) is 12.8 Å². The van der Waals surface area contributed by atoms with Crippen LogP contribution in [0.15, 0.2) is 24.3 Å². The van der Waals surface area contributed by atoms with Crippen molar-refractivity contribution in [3.05, 3.63) is 30.1 Å². The molecule has 0 saturated carbocycles. The lowest BCUT2D eigenvalue weighted by Gasteiger charge is -2.26. The maximum Gasteiger partial charge on any atom is 0.263 e. The highest BCUT2D eigenvalue weighted by molar-refractivity contribution is 7.91. The van der Waals surface area contributed by atoms with Crippen LogP contribution in [-0.2, 0) is 14.6 Å². The summed E-state index contributed by atoms with van der Waals surface area (Å²) in [6, 6.07) is 5.08. The Hall–Kier alpha value is -1.63. The van der Waals surface area contributed by atoms with Gasteiger partial charge in [-0.05, 0) is 37.6 Å². The topological polar surface area (TPSA) is 63.7 Å². The van der Waals surface area contributed by atoms with Crippen LogP contribution in [0.4, 0.5) is 4.39 Å². The van der Waals surface area contributed by atoms with E-state index < -0.39 is 15.9 Å². The predicted molar refractivity (Wildman–Crippen MR) is 76.3 cm³/mol. The van der Waals surface area contributed by atoms with Crippen LogP contribution in [0.1, 0.15) is 13.3 Å². The molecule has 0 aromatic heterocycles. The van der Waals surface area contributed by atoms with Crippen molar-refractivity contribution in [2.45, 2.75) is 25.5 Å². The highest BCUT2D eigenvalue weighted by Crippen LogP contribution is 2.19. The molecule has 0 aliphatic carbocycles. The Morgan fingerprint density at radius 2 is 2.00 bits per heavy atom. The van der Waals surface area contributed by atoms with Crippen LogP contribution < -0.4 is 4.74 Å². The Morgan fingerprint density at radius 3 is 2.52 bits per heavy atom. The molecule has 2 atom stereocenters. The summed E-state index contributed by atoms with van der Waals surface area (Å²) in [5.74, 6) is -0.165. The van der Waals surface area contributed by atoms with Crippen molar-refractivity contribution in [2.24, 2.45) is 0 Å². The normalized spacial score (nSPS) is 21.8. The number of amides is 1. The molecule has 1 amide bonds. The summed E-state index contributed by atoms with van der Waals surface area (Å²) in [6.07, 6.45) is -0.308. The molecule has 21 heavy (non-hydrogen) atoms. The average Bonchev–Trinajstić information content (AvgIpc) is 2.80. The third-order valence-electron chi connectivity index (χ3n) is 3.58. The van der Waals surface area contributed by atoms with Gasteiger partial charge < -0.3 is 9.64 Å². The minimum atomic E-state index is -3.04. The molecule has 1 saturated heterocycles. The zero-order valence-electron chi connectivity index (χ0n) is 12.0. The molecule has 0 spiro atoms. The predicted octanol–water partition coefficient (Wildman–Crippen LogP) is 1.24. The van der Waals surface area contributed by atoms with Crippen molar-refractivity contribution in [3.8, 4) is 5.75 Å². The van der Waals surface area contributed by atoms with Crippen LogP contribution in [0.5, 0.6) is 5.75 Å². The molecule has 7 heteroatoms. The monoisotopic (exact) mass is 315 g/mol. The lowest BCUT2D eigenvalue weighted by molar-refractivity contribution is -0.138. The van der Waals surface area contributed by atoms with E-state index in [1.165, 1.54) is 29.2 Å². The van der Waals surface area contributed by atoms with Gasteiger partial charge in [0.05, 0.1) is 11.5 Å². The lowest BCUT2D eigenvalue weighted by atomic mass is 10.2. The number of hydrogen-bond donors (Lipinski definition) is 0. The minimum absolute atomic E-state index is 0.00148. The van der Waals surface area contributed by atoms with Crippen molar-refractivity contribution >= 4 is 15.7 Å². The molecule has 2 rings (SSSR count). The third kappa shape index (κ3) is 3.93. The van der Waals surface area contributed by atoms with E-state index in [1.807, 2.05) is 0 Å². The fraction of sp³-hybridized carbons (Fsp3) is 0.500. The first-order valence-electron chi connectivity index (χ1n) is 6.68. The van der Waals surface area contributed by atoms with Gasteiger partial charge in [-0.2, -0.15) is 0 Å². The fourth-order valence-electron chi connectivity index (χ4n) is 2.32. The van der Waals surface area contributed by atoms with E-state index in [2.05, 4.69) is 0 Å². The summed E-state index contributed by atoms with van der Waals surface area (Å²) in [5, 5.41) is 0. The van der Waals surface area contributed by atoms with Crippen LogP contribution in [0.3, 0.4) is 0 Å². The van der Waals surface area contributed by atoms with E-state index in [0.29, 0.717) is 12.2 Å². The number of rotatable bonds is 4. The summed E-state index contributed by atoms with van der Waals surface area (Å²) in [5.41, 5.74) is 0. The van der Waals surface area contributed by atoms with Crippen molar-refractivity contribution in [1.82, 2.24) is 4.90 Å². The summed E-state index contributed by atoms with van der Waals surface area (Å²) >= 11 is 0. The highest BCUT2D eigenvalue weighted by atomic mass is 32.2. The summed E-state index contributed by atoms with van der Waals surface area (Å²) in [7, 11) is -1.46. The van der Waals surface area contributed by atoms with E-state index in [0.717, 1.165) is 0 Å². The molecule has 5 nitrogen and oxygen atoms in total. The van der Waals surface area contributed by atoms with Crippen LogP contribution in [-0.4, -0.2) is 49.9 Å². The van der Waals surface area contributed by atoms with Crippen LogP contribution in [0, 0.1) is 5.82 Å². The maximum atomic E-state index is 12.8. The van der Waals surface area contributed by atoms with Gasteiger partial charge in [0.2, 0.25) is 0 Å². The molecular weight excluding hydrogens is 297 g/mol. The Labute approximate surface area is 123 Å². The number of nitrogens with zero attached hydrogens (tertiary/aromatic N) is 1. The van der Waals surface area contributed by atoms with Gasteiger partial charge in [0, 0.05) is 13.1 Å². The second kappa shape index (κ2) is 6.01. The quantitative estimate of drug-likeness (QED) is 0.838. The third-order valence-corrected chi connectivity index (χ3v) is 5.33. The van der Waals surface area contributed by atoms with Gasteiger partial charge in [-0.15, -0.1) is 0 Å². The second-order valence-electron chi connectivity index (χ2n) is 5.22. The van der Waals surface area contributed by atoms with E-state index >= 15 is 0 Å². The standard InChI is InChI=1S/C14H18FNO4S/c1-10(20-13-5-3-11(15)4-6-13)14(17)16(2)12-7-8-21(18,19)9-12/h3-6,10,12H,7-9H2,1-2H3. The Balaban J connectivity index is 1.97. The van der Waals surface area contributed by atoms with Gasteiger partial charge in [0.15, 0.2) is 15.9 Å². The second-order valence-corrected chi connectivity index (χ2v) is 7.45. The number of hydrogen-bond acceptors (Lipinski definition) is 4. The highest BCUT2D eigenvalue weighted by Gasteiger charge is 2.34. The van der Waals surface area contributed by atoms with Gasteiger partial charge in [-0.1, -0.05) is 0 Å². The first kappa shape index (κ1) is 15.8. The molecule has 1 aromatic rings. The Bertz CT molecular complexity index is 614. The van der Waals surface area contributed by atoms with Crippen molar-refractivity contribution in [1.29, 1.82) is 0 Å². The zero-order chi connectivity index (χ0) is 15.6. The largest absolute Gasteiger partial charge is 0.481 e. The number of likely N-dealkylation sites (N-methyl/N-ethyl adjacent to an activating group) is 1. The number of sulfone groups is 1. The molecule has 1 aliphatic heterocycles. The molecule has 1 heterocycles. The first-order chi connectivity index (χ1) is 9.78. The van der Waals surface area contributed by atoms with Crippen molar-refractivity contribution in [2.75, 3.05) is 18.6 Å². The van der Waals surface area contributed by atoms with Crippen LogP contribution >= 0.6 is 0 Å². The van der Waals surface area contributed by atoms with Gasteiger partial charge in [-0.3, -0.25) is 4.79 Å². The number of carbonyl (C=O) groups excluding carboxylic acids is 1. The number of halogens is 1. The molecule has 1 aliphatic rings. The average molecular weight is 315 g/mol. The van der Waals surface area contributed by atoms with Gasteiger partial charge in [0.1, 0.15) is 11.6 Å². The molecule has 1 fully saturated rings. The molecular formula is C14H18FNO4S. The van der Waals surface area contributed by atoms with Gasteiger partial charge in [0.25, 0.3) is 5.91 Å². The van der Waals surface area contributed by atoms with Gasteiger partial charge >= 0.3 is 0 Å². The molecule has 0 radical (unpaired) electrons. The minimum Gasteiger partial charge on any atom is -0.481 e. The summed E-state index contributed by atoms with van der Waals surface area (Å²) in [4.78, 5) is 13.7. The molecule has 0 N–H and O–H groups in total. The number of benzene rings is 1. The fourth-order valence-corrected chi connectivity index (χ4v) is 4.09. The Morgan fingerprint density at radius 1 is 1.38 bits per heavy atom. The molecule has 2 unspecified atom stereocenters. The van der Waals surface area contributed by atoms with Crippen LogP contribution in [0.2, 0.25) is 0 Å². The van der Waals surface area contributed by atoms with Crippen molar-refractivity contribution < 1.29 is 22.3 Å². The first-order valence-corrected chi connectivity index (χ1v) is 8.50. The molecule has 0 bridgehead atoms. The smallest absolute Gasteiger partial charge is 0.263 e. The Kier molecular flexibility index (Phi) is 4.51. The SMILES string of the molecule is CC(Oc1ccc(F)cc1)C(=O)N(C)C1CCS(=O)(=O)C1. The zero-order valence-corrected chi connectivity index (χ0v) is 12.8. The van der Waals surface area contributed by atoms with E-state index in [4.69, 9.17) is 4.74 Å². The number of carbonyl (C=O) groups is 1. The van der Waals surface area contributed by atoms with Crippen LogP contribution in [0.25, 0.3) is 0 Å². The van der Waals surface area contributed by atoms with Crippen molar-refractivity contribution in [3.63, 3.8) is 0 Å². The van der Waals surface area contributed by atoms with E-state index in [1.54, 1.807) is 14.0 Å². The number of ether oxygens (including phenoxy) is 1. The lowest BCUT2D eigenvalue weighted by Crippen LogP contribution is -2.44.